The first-order valence-corrected chi connectivity index (χ1v) is 12.9. The molecular weight excluding hydrogens is 519 g/mol. The third-order valence-electron chi connectivity index (χ3n) is 6.34. The number of piperazine rings is 1. The number of hydrogen-bond acceptors (Lipinski definition) is 8. The van der Waals surface area contributed by atoms with Crippen LogP contribution in [0.4, 0.5) is 18.2 Å². The number of aryl methyl sites for hydroxylation is 1. The van der Waals surface area contributed by atoms with Crippen LogP contribution in [0.1, 0.15) is 23.6 Å². The van der Waals surface area contributed by atoms with Crippen LogP contribution in [0.3, 0.4) is 0 Å². The molecule has 202 valence electrons. The van der Waals surface area contributed by atoms with Gasteiger partial charge in [0.2, 0.25) is 10.9 Å². The molecule has 0 spiro atoms. The van der Waals surface area contributed by atoms with Crippen LogP contribution in [-0.4, -0.2) is 85.2 Å². The summed E-state index contributed by atoms with van der Waals surface area (Å²) in [5.74, 6) is 1.47. The van der Waals surface area contributed by atoms with Gasteiger partial charge < -0.3 is 19.7 Å². The Balaban J connectivity index is 1.36. The fraction of sp³-hybridized carbons (Fsp3) is 0.458. The van der Waals surface area contributed by atoms with Gasteiger partial charge in [-0.25, -0.2) is 19.6 Å². The maximum absolute atomic E-state index is 13.7. The average Bonchev–Trinajstić information content (AvgIpc) is 3.55. The number of carbonyl (C=O) groups excluding carboxylic acids is 1. The summed E-state index contributed by atoms with van der Waals surface area (Å²) in [6, 6.07) is 7.02. The average molecular weight is 548 g/mol. The number of imidazole rings is 1. The monoisotopic (exact) mass is 547 g/mol. The number of hydrogen-bond donors (Lipinski definition) is 1. The van der Waals surface area contributed by atoms with Gasteiger partial charge in [-0.1, -0.05) is 23.5 Å². The molecule has 1 aliphatic heterocycles. The van der Waals surface area contributed by atoms with Gasteiger partial charge in [-0.2, -0.15) is 18.3 Å². The van der Waals surface area contributed by atoms with Gasteiger partial charge in [-0.3, -0.25) is 4.79 Å². The number of alkyl halides is 3. The number of fused-ring (bicyclic) bond motifs is 1. The van der Waals surface area contributed by atoms with E-state index in [1.807, 2.05) is 55.9 Å². The summed E-state index contributed by atoms with van der Waals surface area (Å²) >= 11 is 0.601. The Bertz CT molecular complexity index is 1420. The third kappa shape index (κ3) is 5.23. The van der Waals surface area contributed by atoms with Crippen molar-refractivity contribution in [2.75, 3.05) is 38.6 Å². The topological polar surface area (TPSA) is 99.1 Å². The number of aromatic amines is 1. The normalized spacial score (nSPS) is 16.7. The van der Waals surface area contributed by atoms with Crippen LogP contribution >= 0.6 is 11.3 Å². The molecule has 5 rings (SSSR count). The number of amides is 1. The van der Waals surface area contributed by atoms with E-state index in [0.29, 0.717) is 59.7 Å². The number of thiazole rings is 1. The van der Waals surface area contributed by atoms with E-state index in [2.05, 4.69) is 25.0 Å². The first-order chi connectivity index (χ1) is 18.0. The molecule has 1 fully saturated rings. The van der Waals surface area contributed by atoms with Gasteiger partial charge in [0, 0.05) is 25.7 Å². The molecule has 1 saturated heterocycles. The molecule has 0 bridgehead atoms. The molecule has 0 aliphatic carbocycles. The lowest BCUT2D eigenvalue weighted by molar-refractivity contribution is -0.137. The van der Waals surface area contributed by atoms with E-state index in [0.717, 1.165) is 5.52 Å². The smallest absolute Gasteiger partial charge is 0.358 e. The van der Waals surface area contributed by atoms with Crippen LogP contribution in [-0.2, 0) is 24.1 Å². The highest BCUT2D eigenvalue weighted by Crippen LogP contribution is 2.42. The number of para-hydroxylation sites is 2. The highest BCUT2D eigenvalue weighted by atomic mass is 32.1. The predicted molar refractivity (Wildman–Crippen MR) is 138 cm³/mol. The quantitative estimate of drug-likeness (QED) is 0.395. The van der Waals surface area contributed by atoms with Crippen molar-refractivity contribution in [3.63, 3.8) is 0 Å². The van der Waals surface area contributed by atoms with Crippen molar-refractivity contribution < 1.29 is 18.0 Å². The van der Waals surface area contributed by atoms with Gasteiger partial charge in [0.05, 0.1) is 17.6 Å². The number of rotatable bonds is 6. The van der Waals surface area contributed by atoms with Crippen molar-refractivity contribution in [2.24, 2.45) is 0 Å². The van der Waals surface area contributed by atoms with Crippen molar-refractivity contribution in [3.8, 4) is 11.5 Å². The van der Waals surface area contributed by atoms with Crippen LogP contribution in [0.25, 0.3) is 22.6 Å². The van der Waals surface area contributed by atoms with Crippen molar-refractivity contribution >= 4 is 33.3 Å². The fourth-order valence-corrected chi connectivity index (χ4v) is 5.55. The molecule has 1 aromatic carbocycles. The van der Waals surface area contributed by atoms with Crippen LogP contribution < -0.4 is 4.90 Å². The van der Waals surface area contributed by atoms with Crippen LogP contribution in [0, 0.1) is 6.92 Å². The van der Waals surface area contributed by atoms with Crippen LogP contribution in [0.5, 0.6) is 0 Å². The van der Waals surface area contributed by atoms with Crippen molar-refractivity contribution in [1.29, 1.82) is 0 Å². The molecular formula is C24H28F3N9OS. The van der Waals surface area contributed by atoms with Gasteiger partial charge in [0.1, 0.15) is 23.1 Å². The minimum absolute atomic E-state index is 0.0552. The molecule has 1 amide bonds. The van der Waals surface area contributed by atoms with Crippen molar-refractivity contribution in [2.45, 2.75) is 39.2 Å². The molecule has 0 unspecified atom stereocenters. The van der Waals surface area contributed by atoms with Crippen molar-refractivity contribution in [1.82, 2.24) is 39.5 Å². The summed E-state index contributed by atoms with van der Waals surface area (Å²) in [6.45, 7) is 5.41. The van der Waals surface area contributed by atoms with Crippen LogP contribution in [0.15, 0.2) is 24.3 Å². The zero-order valence-corrected chi connectivity index (χ0v) is 22.3. The Labute approximate surface area is 221 Å². The molecule has 1 atom stereocenters. The largest absolute Gasteiger partial charge is 0.443 e. The number of aromatic nitrogens is 6. The Hall–Kier alpha value is -3.52. The zero-order chi connectivity index (χ0) is 27.2. The number of halogens is 3. The first kappa shape index (κ1) is 26.1. The second-order valence-corrected chi connectivity index (χ2v) is 10.6. The summed E-state index contributed by atoms with van der Waals surface area (Å²) in [5, 5.41) is 3.90. The molecule has 4 aromatic rings. The lowest BCUT2D eigenvalue weighted by Crippen LogP contribution is -2.54. The zero-order valence-electron chi connectivity index (χ0n) is 21.5. The Kier molecular flexibility index (Phi) is 6.86. The van der Waals surface area contributed by atoms with E-state index in [1.54, 1.807) is 15.6 Å². The summed E-state index contributed by atoms with van der Waals surface area (Å²) in [7, 11) is 3.84. The van der Waals surface area contributed by atoms with Gasteiger partial charge in [0.25, 0.3) is 0 Å². The van der Waals surface area contributed by atoms with E-state index >= 15 is 0 Å². The molecule has 1 N–H and O–H groups in total. The lowest BCUT2D eigenvalue weighted by Gasteiger charge is -2.40. The Morgan fingerprint density at radius 1 is 1.18 bits per heavy atom. The molecule has 0 saturated carbocycles. The van der Waals surface area contributed by atoms with Gasteiger partial charge in [-0.15, -0.1) is 0 Å². The highest BCUT2D eigenvalue weighted by molar-refractivity contribution is 7.16. The van der Waals surface area contributed by atoms with Gasteiger partial charge >= 0.3 is 6.18 Å². The summed E-state index contributed by atoms with van der Waals surface area (Å²) in [4.78, 5) is 34.7. The molecule has 14 heteroatoms. The van der Waals surface area contributed by atoms with Gasteiger partial charge in [-0.05, 0) is 40.1 Å². The maximum Gasteiger partial charge on any atom is 0.443 e. The number of nitrogens with zero attached hydrogens (tertiary/aromatic N) is 8. The number of benzene rings is 1. The first-order valence-electron chi connectivity index (χ1n) is 12.1. The van der Waals surface area contributed by atoms with Gasteiger partial charge in [0.15, 0.2) is 11.6 Å². The number of anilines is 1. The standard InChI is InChI=1S/C24H28F3N9OS/c1-14-11-34(9-10-35(14)19(37)13-36-15(2)28-18(32-36)12-33(3)4)22-20(31-23(38-22)24(25,26)27)21-29-16-7-5-6-8-17(16)30-21/h5-8,14H,9-13H2,1-4H3,(H,29,30)/t14-/m1/s1. The van der Waals surface area contributed by atoms with Crippen LogP contribution in [0.2, 0.25) is 0 Å². The SMILES string of the molecule is Cc1nc(CN(C)C)nn1CC(=O)N1CCN(c2sc(C(F)(F)F)nc2-c2nc3ccccc3[nH]2)C[C@H]1C. The Morgan fingerprint density at radius 3 is 2.63 bits per heavy atom. The summed E-state index contributed by atoms with van der Waals surface area (Å²) < 4.78 is 42.6. The summed E-state index contributed by atoms with van der Waals surface area (Å²) in [6.07, 6.45) is -4.58. The minimum atomic E-state index is -4.58. The number of carbonyl (C=O) groups is 1. The maximum atomic E-state index is 13.7. The Morgan fingerprint density at radius 2 is 1.95 bits per heavy atom. The molecule has 4 heterocycles. The molecule has 1 aliphatic rings. The second-order valence-electron chi connectivity index (χ2n) is 9.63. The van der Waals surface area contributed by atoms with E-state index in [-0.39, 0.29) is 30.0 Å². The molecule has 0 radical (unpaired) electrons. The molecule has 10 nitrogen and oxygen atoms in total. The highest BCUT2D eigenvalue weighted by Gasteiger charge is 2.39. The summed E-state index contributed by atoms with van der Waals surface area (Å²) in [5.41, 5.74) is 1.53. The van der Waals surface area contributed by atoms with E-state index in [9.17, 15) is 18.0 Å². The van der Waals surface area contributed by atoms with E-state index in [4.69, 9.17) is 0 Å². The van der Waals surface area contributed by atoms with Crippen molar-refractivity contribution in [3.05, 3.63) is 40.9 Å². The minimum Gasteiger partial charge on any atom is -0.358 e. The lowest BCUT2D eigenvalue weighted by atomic mass is 10.2. The molecule has 3 aromatic heterocycles. The second kappa shape index (κ2) is 9.98. The fourth-order valence-electron chi connectivity index (χ4n) is 4.58. The van der Waals surface area contributed by atoms with E-state index in [1.165, 1.54) is 0 Å². The van der Waals surface area contributed by atoms with E-state index < -0.39 is 11.2 Å². The number of H-pyrrole nitrogens is 1. The predicted octanol–water partition coefficient (Wildman–Crippen LogP) is 3.40. The molecule has 38 heavy (non-hydrogen) atoms. The number of nitrogens with one attached hydrogen (secondary N) is 1. The third-order valence-corrected chi connectivity index (χ3v) is 7.50.